The highest BCUT2D eigenvalue weighted by atomic mass is 32.2. The zero-order chi connectivity index (χ0) is 16.3. The van der Waals surface area contributed by atoms with Gasteiger partial charge in [0.2, 0.25) is 10.0 Å². The first kappa shape index (κ1) is 16.1. The molecule has 2 N–H and O–H groups in total. The van der Waals surface area contributed by atoms with Gasteiger partial charge in [-0.15, -0.1) is 0 Å². The first-order valence-electron chi connectivity index (χ1n) is 7.78. The van der Waals surface area contributed by atoms with E-state index in [-0.39, 0.29) is 11.8 Å². The molecular formula is C15H21N3O4S. The Morgan fingerprint density at radius 1 is 1.39 bits per heavy atom. The molecule has 2 aliphatic rings. The van der Waals surface area contributed by atoms with Crippen LogP contribution in [0.1, 0.15) is 12.8 Å². The summed E-state index contributed by atoms with van der Waals surface area (Å²) in [4.78, 5) is 11.9. The second-order valence-corrected chi connectivity index (χ2v) is 7.87. The Morgan fingerprint density at radius 2 is 2.26 bits per heavy atom. The number of hydrogen-bond acceptors (Lipinski definition) is 4. The summed E-state index contributed by atoms with van der Waals surface area (Å²) in [6.07, 6.45) is 1.59. The predicted octanol–water partition coefficient (Wildman–Crippen LogP) is 1.38. The molecule has 2 fully saturated rings. The monoisotopic (exact) mass is 339 g/mol. The van der Waals surface area contributed by atoms with E-state index in [2.05, 4.69) is 10.6 Å². The number of carbonyl (C=O) groups excluding carboxylic acids is 1. The van der Waals surface area contributed by atoms with Crippen LogP contribution >= 0.6 is 0 Å². The number of urea groups is 1. The predicted molar refractivity (Wildman–Crippen MR) is 88.1 cm³/mol. The minimum atomic E-state index is -3.22. The Labute approximate surface area is 136 Å². The molecule has 7 nitrogen and oxygen atoms in total. The van der Waals surface area contributed by atoms with E-state index in [9.17, 15) is 13.2 Å². The topological polar surface area (TPSA) is 87.7 Å². The Balaban J connectivity index is 1.60. The van der Waals surface area contributed by atoms with E-state index >= 15 is 0 Å². The van der Waals surface area contributed by atoms with Gasteiger partial charge in [-0.2, -0.15) is 0 Å². The molecule has 2 heterocycles. The molecule has 1 aromatic rings. The van der Waals surface area contributed by atoms with Crippen LogP contribution in [-0.2, 0) is 14.8 Å². The average molecular weight is 339 g/mol. The molecule has 1 aromatic carbocycles. The Kier molecular flexibility index (Phi) is 4.72. The molecule has 0 aliphatic carbocycles. The van der Waals surface area contributed by atoms with Crippen LogP contribution in [0, 0.1) is 5.92 Å². The van der Waals surface area contributed by atoms with E-state index in [1.54, 1.807) is 24.3 Å². The fraction of sp³-hybridized carbons (Fsp3) is 0.533. The van der Waals surface area contributed by atoms with E-state index < -0.39 is 10.0 Å². The third-order valence-electron chi connectivity index (χ3n) is 4.07. The standard InChI is InChI=1S/C15H21N3O4S/c19-15(16-10-12-5-7-22-11-12)17-13-3-1-4-14(9-13)18-6-2-8-23(18,20)21/h1,3-4,9,12H,2,5-8,10-11H2,(H2,16,17,19)/t12-/m1/s1. The van der Waals surface area contributed by atoms with Gasteiger partial charge < -0.3 is 15.4 Å². The van der Waals surface area contributed by atoms with Crippen molar-refractivity contribution in [1.29, 1.82) is 0 Å². The van der Waals surface area contributed by atoms with Gasteiger partial charge >= 0.3 is 6.03 Å². The first-order chi connectivity index (χ1) is 11.0. The zero-order valence-electron chi connectivity index (χ0n) is 12.8. The van der Waals surface area contributed by atoms with E-state index in [4.69, 9.17) is 4.74 Å². The van der Waals surface area contributed by atoms with Gasteiger partial charge in [-0.25, -0.2) is 13.2 Å². The van der Waals surface area contributed by atoms with Gasteiger partial charge in [0.25, 0.3) is 0 Å². The lowest BCUT2D eigenvalue weighted by Gasteiger charge is -2.18. The lowest BCUT2D eigenvalue weighted by Crippen LogP contribution is -2.33. The van der Waals surface area contributed by atoms with Crippen LogP contribution in [0.3, 0.4) is 0 Å². The van der Waals surface area contributed by atoms with Crippen molar-refractivity contribution in [3.63, 3.8) is 0 Å². The largest absolute Gasteiger partial charge is 0.381 e. The molecule has 0 aromatic heterocycles. The van der Waals surface area contributed by atoms with Gasteiger partial charge in [-0.05, 0) is 31.0 Å². The summed E-state index contributed by atoms with van der Waals surface area (Å²) in [6, 6.07) is 6.61. The van der Waals surface area contributed by atoms with Gasteiger partial charge in [0.1, 0.15) is 0 Å². The van der Waals surface area contributed by atoms with Crippen LogP contribution in [0.4, 0.5) is 16.2 Å². The molecular weight excluding hydrogens is 318 g/mol. The van der Waals surface area contributed by atoms with Crippen molar-refractivity contribution in [2.24, 2.45) is 5.92 Å². The molecule has 2 aliphatic heterocycles. The van der Waals surface area contributed by atoms with Gasteiger partial charge in [0.15, 0.2) is 0 Å². The van der Waals surface area contributed by atoms with Gasteiger partial charge in [0.05, 0.1) is 18.0 Å². The number of nitrogens with one attached hydrogen (secondary N) is 2. The van der Waals surface area contributed by atoms with Crippen LogP contribution in [0.2, 0.25) is 0 Å². The number of rotatable bonds is 4. The van der Waals surface area contributed by atoms with Crippen molar-refractivity contribution >= 4 is 27.4 Å². The summed E-state index contributed by atoms with van der Waals surface area (Å²) in [7, 11) is -3.22. The quantitative estimate of drug-likeness (QED) is 0.868. The lowest BCUT2D eigenvalue weighted by atomic mass is 10.1. The van der Waals surface area contributed by atoms with Crippen molar-refractivity contribution in [2.75, 3.05) is 41.7 Å². The third kappa shape index (κ3) is 3.94. The Bertz CT molecular complexity index is 671. The van der Waals surface area contributed by atoms with Crippen molar-refractivity contribution in [2.45, 2.75) is 12.8 Å². The fourth-order valence-corrected chi connectivity index (χ4v) is 4.38. The van der Waals surface area contributed by atoms with Crippen molar-refractivity contribution in [3.05, 3.63) is 24.3 Å². The summed E-state index contributed by atoms with van der Waals surface area (Å²) in [5.41, 5.74) is 1.16. The summed E-state index contributed by atoms with van der Waals surface area (Å²) >= 11 is 0. The van der Waals surface area contributed by atoms with Crippen LogP contribution < -0.4 is 14.9 Å². The molecule has 126 valence electrons. The van der Waals surface area contributed by atoms with Crippen molar-refractivity contribution in [3.8, 4) is 0 Å². The smallest absolute Gasteiger partial charge is 0.319 e. The number of nitrogens with zero attached hydrogens (tertiary/aromatic N) is 1. The van der Waals surface area contributed by atoms with Gasteiger partial charge in [0, 0.05) is 31.3 Å². The maximum Gasteiger partial charge on any atom is 0.319 e. The molecule has 1 atom stereocenters. The Hall–Kier alpha value is -1.80. The van der Waals surface area contributed by atoms with Crippen LogP contribution in [-0.4, -0.2) is 46.5 Å². The fourth-order valence-electron chi connectivity index (χ4n) is 2.82. The molecule has 8 heteroatoms. The number of carbonyl (C=O) groups is 1. The summed E-state index contributed by atoms with van der Waals surface area (Å²) in [6.45, 7) is 2.49. The molecule has 2 saturated heterocycles. The highest BCUT2D eigenvalue weighted by molar-refractivity contribution is 7.93. The second-order valence-electron chi connectivity index (χ2n) is 5.86. The van der Waals surface area contributed by atoms with Crippen molar-refractivity contribution < 1.29 is 17.9 Å². The van der Waals surface area contributed by atoms with Gasteiger partial charge in [-0.3, -0.25) is 4.31 Å². The van der Waals surface area contributed by atoms with E-state index in [0.717, 1.165) is 13.0 Å². The number of sulfonamides is 1. The lowest BCUT2D eigenvalue weighted by molar-refractivity contribution is 0.185. The van der Waals surface area contributed by atoms with Crippen molar-refractivity contribution in [1.82, 2.24) is 5.32 Å². The molecule has 0 spiro atoms. The molecule has 0 bridgehead atoms. The summed E-state index contributed by atoms with van der Waals surface area (Å²) < 4.78 is 30.6. The SMILES string of the molecule is O=C(NC[C@H]1CCOC1)Nc1cccc(N2CCCS2(=O)=O)c1. The maximum atomic E-state index is 12.0. The van der Waals surface area contributed by atoms with E-state index in [0.29, 0.717) is 43.4 Å². The second kappa shape index (κ2) is 6.76. The summed E-state index contributed by atoms with van der Waals surface area (Å²) in [5, 5.41) is 5.56. The number of amides is 2. The Morgan fingerprint density at radius 3 is 2.96 bits per heavy atom. The minimum absolute atomic E-state index is 0.175. The van der Waals surface area contributed by atoms with E-state index in [1.807, 2.05) is 0 Å². The highest BCUT2D eigenvalue weighted by Crippen LogP contribution is 2.26. The maximum absolute atomic E-state index is 12.0. The molecule has 3 rings (SSSR count). The molecule has 0 saturated carbocycles. The zero-order valence-corrected chi connectivity index (χ0v) is 13.6. The minimum Gasteiger partial charge on any atom is -0.381 e. The first-order valence-corrected chi connectivity index (χ1v) is 9.38. The van der Waals surface area contributed by atoms with Crippen LogP contribution in [0.15, 0.2) is 24.3 Å². The number of benzene rings is 1. The molecule has 2 amide bonds. The molecule has 0 unspecified atom stereocenters. The normalized spacial score (nSPS) is 23.0. The number of hydrogen-bond donors (Lipinski definition) is 2. The molecule has 23 heavy (non-hydrogen) atoms. The highest BCUT2D eigenvalue weighted by Gasteiger charge is 2.28. The van der Waals surface area contributed by atoms with Crippen LogP contribution in [0.25, 0.3) is 0 Å². The van der Waals surface area contributed by atoms with Crippen LogP contribution in [0.5, 0.6) is 0 Å². The average Bonchev–Trinajstić information content (AvgIpc) is 3.14. The third-order valence-corrected chi connectivity index (χ3v) is 5.94. The van der Waals surface area contributed by atoms with Gasteiger partial charge in [-0.1, -0.05) is 6.07 Å². The molecule has 0 radical (unpaired) electrons. The number of ether oxygens (including phenoxy) is 1. The number of anilines is 2. The van der Waals surface area contributed by atoms with E-state index in [1.165, 1.54) is 4.31 Å². The summed E-state index contributed by atoms with van der Waals surface area (Å²) in [5.74, 6) is 0.538.